The minimum atomic E-state index is -0.230. The molecule has 138 valence electrons. The molecule has 1 amide bonds. The van der Waals surface area contributed by atoms with Crippen LogP contribution in [0.2, 0.25) is 5.02 Å². The Morgan fingerprint density at radius 3 is 2.74 bits per heavy atom. The summed E-state index contributed by atoms with van der Waals surface area (Å²) in [5, 5.41) is 6.77. The fraction of sp³-hybridized carbons (Fsp3) is 0.200. The number of rotatable bonds is 7. The smallest absolute Gasteiger partial charge is 0.270 e. The molecule has 0 bridgehead atoms. The van der Waals surface area contributed by atoms with Crippen molar-refractivity contribution in [3.8, 4) is 0 Å². The zero-order chi connectivity index (χ0) is 19.1. The number of carbonyl (C=O) groups is 1. The zero-order valence-electron chi connectivity index (χ0n) is 14.9. The van der Waals surface area contributed by atoms with Crippen LogP contribution in [-0.4, -0.2) is 27.4 Å². The van der Waals surface area contributed by atoms with Crippen LogP contribution in [0.4, 0.5) is 5.82 Å². The molecule has 0 saturated carbocycles. The molecule has 27 heavy (non-hydrogen) atoms. The van der Waals surface area contributed by atoms with Gasteiger partial charge in [-0.15, -0.1) is 0 Å². The summed E-state index contributed by atoms with van der Waals surface area (Å²) in [5.41, 5.74) is 2.43. The largest absolute Gasteiger partial charge is 0.366 e. The van der Waals surface area contributed by atoms with E-state index in [0.717, 1.165) is 11.1 Å². The molecule has 2 aromatic heterocycles. The van der Waals surface area contributed by atoms with E-state index in [0.29, 0.717) is 41.9 Å². The third-order valence-corrected chi connectivity index (χ3v) is 4.09. The highest BCUT2D eigenvalue weighted by Crippen LogP contribution is 2.11. The molecule has 0 radical (unpaired) electrons. The van der Waals surface area contributed by atoms with Gasteiger partial charge in [-0.2, -0.15) is 0 Å². The van der Waals surface area contributed by atoms with Crippen LogP contribution < -0.4 is 10.6 Å². The van der Waals surface area contributed by atoms with E-state index in [-0.39, 0.29) is 5.91 Å². The van der Waals surface area contributed by atoms with E-state index in [9.17, 15) is 4.79 Å². The van der Waals surface area contributed by atoms with Gasteiger partial charge >= 0.3 is 0 Å². The Morgan fingerprint density at radius 1 is 1.11 bits per heavy atom. The van der Waals surface area contributed by atoms with Gasteiger partial charge in [-0.3, -0.25) is 9.78 Å². The second kappa shape index (κ2) is 9.09. The van der Waals surface area contributed by atoms with Crippen molar-refractivity contribution >= 4 is 23.3 Å². The van der Waals surface area contributed by atoms with Crippen molar-refractivity contribution in [1.29, 1.82) is 0 Å². The number of pyridine rings is 1. The fourth-order valence-corrected chi connectivity index (χ4v) is 2.79. The van der Waals surface area contributed by atoms with Gasteiger partial charge < -0.3 is 10.6 Å². The van der Waals surface area contributed by atoms with Crippen molar-refractivity contribution in [3.05, 3.63) is 82.5 Å². The number of hydrogen-bond acceptors (Lipinski definition) is 5. The first-order chi connectivity index (χ1) is 13.1. The molecule has 0 unspecified atom stereocenters. The summed E-state index contributed by atoms with van der Waals surface area (Å²) < 4.78 is 0. The second-order valence-electron chi connectivity index (χ2n) is 6.04. The highest BCUT2D eigenvalue weighted by Gasteiger charge is 2.10. The van der Waals surface area contributed by atoms with E-state index in [1.54, 1.807) is 25.4 Å². The Hall–Kier alpha value is -2.99. The molecule has 0 aliphatic heterocycles. The molecule has 6 nitrogen and oxygen atoms in total. The third kappa shape index (κ3) is 5.76. The predicted octanol–water partition coefficient (Wildman–Crippen LogP) is 3.42. The van der Waals surface area contributed by atoms with E-state index >= 15 is 0 Å². The van der Waals surface area contributed by atoms with Gasteiger partial charge in [0.2, 0.25) is 0 Å². The number of halogens is 1. The van der Waals surface area contributed by atoms with Gasteiger partial charge in [0.15, 0.2) is 0 Å². The van der Waals surface area contributed by atoms with Gasteiger partial charge in [-0.1, -0.05) is 29.8 Å². The summed E-state index contributed by atoms with van der Waals surface area (Å²) >= 11 is 5.98. The maximum absolute atomic E-state index is 12.4. The first-order valence-electron chi connectivity index (χ1n) is 8.61. The first kappa shape index (κ1) is 18.8. The van der Waals surface area contributed by atoms with E-state index < -0.39 is 0 Å². The normalized spacial score (nSPS) is 10.4. The highest BCUT2D eigenvalue weighted by atomic mass is 35.5. The summed E-state index contributed by atoms with van der Waals surface area (Å²) in [7, 11) is 0. The van der Waals surface area contributed by atoms with E-state index in [4.69, 9.17) is 11.6 Å². The van der Waals surface area contributed by atoms with Crippen LogP contribution in [-0.2, 0) is 13.0 Å². The molecule has 0 fully saturated rings. The molecule has 1 aromatic carbocycles. The number of benzene rings is 1. The Labute approximate surface area is 163 Å². The third-order valence-electron chi connectivity index (χ3n) is 3.86. The molecule has 3 rings (SSSR count). The van der Waals surface area contributed by atoms with Crippen molar-refractivity contribution in [3.63, 3.8) is 0 Å². The lowest BCUT2D eigenvalue weighted by Crippen LogP contribution is -2.27. The summed E-state index contributed by atoms with van der Waals surface area (Å²) in [6.07, 6.45) is 4.21. The van der Waals surface area contributed by atoms with Gasteiger partial charge in [0, 0.05) is 36.6 Å². The molecular weight excluding hydrogens is 362 g/mol. The zero-order valence-corrected chi connectivity index (χ0v) is 15.7. The number of nitrogens with one attached hydrogen (secondary N) is 2. The number of amides is 1. The van der Waals surface area contributed by atoms with Crippen LogP contribution in [0.15, 0.2) is 54.9 Å². The Balaban J connectivity index is 1.58. The molecule has 2 N–H and O–H groups in total. The average Bonchev–Trinajstić information content (AvgIpc) is 2.67. The summed E-state index contributed by atoms with van der Waals surface area (Å²) in [5.74, 6) is 0.907. The standard InChI is InChI=1S/C20H20ClN5O/c1-14-25-18(11-19(26-14)24-13-16-5-3-8-22-12-16)20(27)23-9-7-15-4-2-6-17(21)10-15/h2-6,8,10-12H,7,9,13H2,1H3,(H,23,27)(H,24,25,26). The van der Waals surface area contributed by atoms with Crippen LogP contribution >= 0.6 is 11.6 Å². The molecule has 7 heteroatoms. The average molecular weight is 382 g/mol. The Bertz CT molecular complexity index is 917. The van der Waals surface area contributed by atoms with Crippen molar-refractivity contribution < 1.29 is 4.79 Å². The monoisotopic (exact) mass is 381 g/mol. The number of carbonyl (C=O) groups excluding carboxylic acids is 1. The lowest BCUT2D eigenvalue weighted by molar-refractivity contribution is 0.0949. The van der Waals surface area contributed by atoms with Crippen molar-refractivity contribution in [2.24, 2.45) is 0 Å². The molecular formula is C20H20ClN5O. The van der Waals surface area contributed by atoms with Crippen LogP contribution in [0.5, 0.6) is 0 Å². The Kier molecular flexibility index (Phi) is 6.33. The van der Waals surface area contributed by atoms with E-state index in [2.05, 4.69) is 25.6 Å². The summed E-state index contributed by atoms with van der Waals surface area (Å²) in [4.78, 5) is 25.1. The summed E-state index contributed by atoms with van der Waals surface area (Å²) in [6, 6.07) is 13.1. The predicted molar refractivity (Wildman–Crippen MR) is 106 cm³/mol. The second-order valence-corrected chi connectivity index (χ2v) is 6.47. The van der Waals surface area contributed by atoms with Crippen LogP contribution in [0, 0.1) is 6.92 Å². The Morgan fingerprint density at radius 2 is 1.96 bits per heavy atom. The first-order valence-corrected chi connectivity index (χ1v) is 8.99. The van der Waals surface area contributed by atoms with Gasteiger partial charge in [0.05, 0.1) is 0 Å². The van der Waals surface area contributed by atoms with Gasteiger partial charge in [0.1, 0.15) is 17.3 Å². The van der Waals surface area contributed by atoms with E-state index in [1.165, 1.54) is 0 Å². The molecule has 0 aliphatic carbocycles. The van der Waals surface area contributed by atoms with Crippen molar-refractivity contribution in [1.82, 2.24) is 20.3 Å². The molecule has 0 spiro atoms. The molecule has 3 aromatic rings. The van der Waals surface area contributed by atoms with E-state index in [1.807, 2.05) is 36.4 Å². The van der Waals surface area contributed by atoms with Crippen LogP contribution in [0.3, 0.4) is 0 Å². The number of hydrogen-bond donors (Lipinski definition) is 2. The molecule has 0 aliphatic rings. The van der Waals surface area contributed by atoms with Crippen LogP contribution in [0.25, 0.3) is 0 Å². The molecule has 0 atom stereocenters. The minimum absolute atomic E-state index is 0.230. The number of nitrogens with zero attached hydrogens (tertiary/aromatic N) is 3. The fourth-order valence-electron chi connectivity index (χ4n) is 2.57. The number of aromatic nitrogens is 3. The molecule has 2 heterocycles. The van der Waals surface area contributed by atoms with Crippen molar-refractivity contribution in [2.45, 2.75) is 19.9 Å². The number of aryl methyl sites for hydroxylation is 1. The molecule has 0 saturated heterocycles. The highest BCUT2D eigenvalue weighted by molar-refractivity contribution is 6.30. The van der Waals surface area contributed by atoms with Gasteiger partial charge in [-0.25, -0.2) is 9.97 Å². The van der Waals surface area contributed by atoms with Gasteiger partial charge in [0.25, 0.3) is 5.91 Å². The maximum atomic E-state index is 12.4. The van der Waals surface area contributed by atoms with Crippen molar-refractivity contribution in [2.75, 3.05) is 11.9 Å². The topological polar surface area (TPSA) is 79.8 Å². The minimum Gasteiger partial charge on any atom is -0.366 e. The lowest BCUT2D eigenvalue weighted by Gasteiger charge is -2.09. The number of anilines is 1. The lowest BCUT2D eigenvalue weighted by atomic mass is 10.1. The SMILES string of the molecule is Cc1nc(NCc2cccnc2)cc(C(=O)NCCc2cccc(Cl)c2)n1. The maximum Gasteiger partial charge on any atom is 0.270 e. The quantitative estimate of drug-likeness (QED) is 0.655. The summed E-state index contributed by atoms with van der Waals surface area (Å²) in [6.45, 7) is 2.83. The van der Waals surface area contributed by atoms with Gasteiger partial charge in [-0.05, 0) is 42.7 Å². The van der Waals surface area contributed by atoms with Crippen LogP contribution in [0.1, 0.15) is 27.4 Å².